The summed E-state index contributed by atoms with van der Waals surface area (Å²) in [6.45, 7) is 2.24. The van der Waals surface area contributed by atoms with E-state index < -0.39 is 0 Å². The van der Waals surface area contributed by atoms with Crippen LogP contribution in [0.5, 0.6) is 0 Å². The van der Waals surface area contributed by atoms with Crippen LogP contribution >= 0.6 is 0 Å². The maximum atomic E-state index is 11.1. The molecule has 66 valence electrons. The number of rotatable bonds is 3. The first-order valence-electron chi connectivity index (χ1n) is 3.64. The molecule has 1 aromatic heterocycles. The number of nitrogens with one attached hydrogen (secondary N) is 1. The van der Waals surface area contributed by atoms with Gasteiger partial charge in [0.15, 0.2) is 0 Å². The lowest BCUT2D eigenvalue weighted by molar-refractivity contribution is 0.0915. The zero-order chi connectivity index (χ0) is 8.97. The molecular formula is C7H11N3O2. The fourth-order valence-electron chi connectivity index (χ4n) is 0.674. The maximum absolute atomic E-state index is 11.1. The van der Waals surface area contributed by atoms with Gasteiger partial charge in [0.2, 0.25) is 5.76 Å². The largest absolute Gasteiger partial charge is 0.351 e. The van der Waals surface area contributed by atoms with Crippen molar-refractivity contribution in [1.29, 1.82) is 0 Å². The van der Waals surface area contributed by atoms with Crippen LogP contribution in [0.1, 0.15) is 17.5 Å². The molecule has 5 nitrogen and oxygen atoms in total. The molecule has 0 aliphatic rings. The van der Waals surface area contributed by atoms with E-state index in [9.17, 15) is 4.79 Å². The Kier molecular flexibility index (Phi) is 2.82. The van der Waals surface area contributed by atoms with Gasteiger partial charge in [-0.2, -0.15) is 0 Å². The number of amides is 1. The van der Waals surface area contributed by atoms with E-state index in [1.165, 1.54) is 12.3 Å². The Bertz CT molecular complexity index is 243. The van der Waals surface area contributed by atoms with E-state index in [-0.39, 0.29) is 17.7 Å². The lowest BCUT2D eigenvalue weighted by Gasteiger charge is -2.04. The van der Waals surface area contributed by atoms with Gasteiger partial charge in [0.25, 0.3) is 5.91 Å². The SMILES string of the molecule is CC(N)CNC(=O)c1ccno1. The van der Waals surface area contributed by atoms with Crippen molar-refractivity contribution in [2.45, 2.75) is 13.0 Å². The van der Waals surface area contributed by atoms with E-state index in [1.807, 2.05) is 0 Å². The normalized spacial score (nSPS) is 12.5. The Hall–Kier alpha value is -1.36. The first-order valence-corrected chi connectivity index (χ1v) is 3.64. The summed E-state index contributed by atoms with van der Waals surface area (Å²) in [5.74, 6) is -0.0829. The summed E-state index contributed by atoms with van der Waals surface area (Å²) in [4.78, 5) is 11.1. The summed E-state index contributed by atoms with van der Waals surface area (Å²) in [5, 5.41) is 5.99. The van der Waals surface area contributed by atoms with Crippen LogP contribution in [0, 0.1) is 0 Å². The van der Waals surface area contributed by atoms with Crippen molar-refractivity contribution in [2.75, 3.05) is 6.54 Å². The van der Waals surface area contributed by atoms with Crippen molar-refractivity contribution < 1.29 is 9.32 Å². The fourth-order valence-corrected chi connectivity index (χ4v) is 0.674. The van der Waals surface area contributed by atoms with Gasteiger partial charge in [0.1, 0.15) is 0 Å². The monoisotopic (exact) mass is 169 g/mol. The molecule has 3 N–H and O–H groups in total. The van der Waals surface area contributed by atoms with E-state index in [2.05, 4.69) is 15.0 Å². The highest BCUT2D eigenvalue weighted by atomic mass is 16.5. The standard InChI is InChI=1S/C7H11N3O2/c1-5(8)4-9-7(11)6-2-3-10-12-6/h2-3,5H,4,8H2,1H3,(H,9,11). The van der Waals surface area contributed by atoms with Crippen molar-refractivity contribution in [3.05, 3.63) is 18.0 Å². The molecule has 1 amide bonds. The van der Waals surface area contributed by atoms with Crippen molar-refractivity contribution in [2.24, 2.45) is 5.73 Å². The second kappa shape index (κ2) is 3.87. The molecule has 1 aromatic rings. The topological polar surface area (TPSA) is 81.1 Å². The number of carbonyl (C=O) groups excluding carboxylic acids is 1. The predicted molar refractivity (Wildman–Crippen MR) is 42.5 cm³/mol. The third-order valence-electron chi connectivity index (χ3n) is 1.25. The Morgan fingerprint density at radius 1 is 1.92 bits per heavy atom. The van der Waals surface area contributed by atoms with Crippen molar-refractivity contribution >= 4 is 5.91 Å². The molecule has 1 rings (SSSR count). The number of aromatic nitrogens is 1. The van der Waals surface area contributed by atoms with E-state index in [0.717, 1.165) is 0 Å². The van der Waals surface area contributed by atoms with Crippen molar-refractivity contribution in [3.8, 4) is 0 Å². The summed E-state index contributed by atoms with van der Waals surface area (Å²) in [6.07, 6.45) is 1.42. The molecule has 0 spiro atoms. The highest BCUT2D eigenvalue weighted by Gasteiger charge is 2.08. The minimum Gasteiger partial charge on any atom is -0.351 e. The molecule has 0 aliphatic carbocycles. The second-order valence-electron chi connectivity index (χ2n) is 2.56. The van der Waals surface area contributed by atoms with Gasteiger partial charge in [-0.25, -0.2) is 0 Å². The molecule has 0 radical (unpaired) electrons. The molecular weight excluding hydrogens is 158 g/mol. The Morgan fingerprint density at radius 3 is 3.17 bits per heavy atom. The lowest BCUT2D eigenvalue weighted by Crippen LogP contribution is -2.34. The molecule has 0 aromatic carbocycles. The van der Waals surface area contributed by atoms with E-state index in [0.29, 0.717) is 6.54 Å². The Morgan fingerprint density at radius 2 is 2.67 bits per heavy atom. The fraction of sp³-hybridized carbons (Fsp3) is 0.429. The number of hydrogen-bond acceptors (Lipinski definition) is 4. The third kappa shape index (κ3) is 2.35. The highest BCUT2D eigenvalue weighted by Crippen LogP contribution is 1.94. The van der Waals surface area contributed by atoms with E-state index in [4.69, 9.17) is 5.73 Å². The Balaban J connectivity index is 2.40. The molecule has 12 heavy (non-hydrogen) atoms. The second-order valence-corrected chi connectivity index (χ2v) is 2.56. The van der Waals surface area contributed by atoms with E-state index in [1.54, 1.807) is 6.92 Å². The van der Waals surface area contributed by atoms with Gasteiger partial charge in [0, 0.05) is 18.7 Å². The zero-order valence-electron chi connectivity index (χ0n) is 6.78. The van der Waals surface area contributed by atoms with Gasteiger partial charge in [-0.05, 0) is 6.92 Å². The minimum atomic E-state index is -0.287. The molecule has 1 unspecified atom stereocenters. The predicted octanol–water partition coefficient (Wildman–Crippen LogP) is -0.248. The van der Waals surface area contributed by atoms with E-state index >= 15 is 0 Å². The van der Waals surface area contributed by atoms with Crippen molar-refractivity contribution in [3.63, 3.8) is 0 Å². The van der Waals surface area contributed by atoms with Crippen LogP contribution in [0.4, 0.5) is 0 Å². The van der Waals surface area contributed by atoms with Crippen LogP contribution in [-0.2, 0) is 0 Å². The lowest BCUT2D eigenvalue weighted by atomic mass is 10.3. The molecule has 1 atom stereocenters. The number of nitrogens with two attached hydrogens (primary N) is 1. The maximum Gasteiger partial charge on any atom is 0.289 e. The van der Waals surface area contributed by atoms with Crippen LogP contribution in [-0.4, -0.2) is 23.7 Å². The van der Waals surface area contributed by atoms with Crippen LogP contribution in [0.15, 0.2) is 16.8 Å². The first kappa shape index (κ1) is 8.73. The Labute approximate surface area is 69.9 Å². The molecule has 0 fully saturated rings. The van der Waals surface area contributed by atoms with Crippen LogP contribution < -0.4 is 11.1 Å². The quantitative estimate of drug-likeness (QED) is 0.653. The summed E-state index contributed by atoms with van der Waals surface area (Å²) in [6, 6.07) is 1.44. The molecule has 0 saturated carbocycles. The molecule has 1 heterocycles. The van der Waals surface area contributed by atoms with Gasteiger partial charge in [-0.3, -0.25) is 4.79 Å². The number of carbonyl (C=O) groups is 1. The smallest absolute Gasteiger partial charge is 0.289 e. The van der Waals surface area contributed by atoms with Gasteiger partial charge < -0.3 is 15.6 Å². The molecule has 0 aliphatic heterocycles. The molecule has 5 heteroatoms. The van der Waals surface area contributed by atoms with Gasteiger partial charge in [0.05, 0.1) is 6.20 Å². The van der Waals surface area contributed by atoms with Crippen LogP contribution in [0.3, 0.4) is 0 Å². The highest BCUT2D eigenvalue weighted by molar-refractivity contribution is 5.91. The first-order chi connectivity index (χ1) is 5.70. The average molecular weight is 169 g/mol. The van der Waals surface area contributed by atoms with Gasteiger partial charge in [-0.15, -0.1) is 0 Å². The number of hydrogen-bond donors (Lipinski definition) is 2. The van der Waals surface area contributed by atoms with Crippen molar-refractivity contribution in [1.82, 2.24) is 10.5 Å². The van der Waals surface area contributed by atoms with Gasteiger partial charge >= 0.3 is 0 Å². The number of nitrogens with zero attached hydrogens (tertiary/aromatic N) is 1. The minimum absolute atomic E-state index is 0.0585. The molecule has 0 saturated heterocycles. The average Bonchev–Trinajstić information content (AvgIpc) is 2.51. The molecule has 0 bridgehead atoms. The van der Waals surface area contributed by atoms with Gasteiger partial charge in [-0.1, -0.05) is 5.16 Å². The van der Waals surface area contributed by atoms with Crippen LogP contribution in [0.25, 0.3) is 0 Å². The zero-order valence-corrected chi connectivity index (χ0v) is 6.78. The summed E-state index contributed by atoms with van der Waals surface area (Å²) < 4.78 is 4.62. The summed E-state index contributed by atoms with van der Waals surface area (Å²) in [7, 11) is 0. The summed E-state index contributed by atoms with van der Waals surface area (Å²) >= 11 is 0. The third-order valence-corrected chi connectivity index (χ3v) is 1.25. The van der Waals surface area contributed by atoms with Crippen LogP contribution in [0.2, 0.25) is 0 Å². The summed E-state index contributed by atoms with van der Waals surface area (Å²) in [5.41, 5.74) is 5.43.